The quantitative estimate of drug-likeness (QED) is 0.776. The Bertz CT molecular complexity index is 567. The number of Topliss-reactive ketones (excluding diaryl/α,β-unsaturated/α-hetero) is 1. The molecule has 1 aromatic heterocycles. The van der Waals surface area contributed by atoms with Crippen LogP contribution in [-0.4, -0.2) is 27.2 Å². The van der Waals surface area contributed by atoms with E-state index in [-0.39, 0.29) is 18.0 Å². The predicted octanol–water partition coefficient (Wildman–Crippen LogP) is 1.84. The fraction of sp³-hybridized carbons (Fsp3) is 0.250. The van der Waals surface area contributed by atoms with Gasteiger partial charge in [-0.05, 0) is 24.3 Å². The van der Waals surface area contributed by atoms with Gasteiger partial charge in [0.2, 0.25) is 0 Å². The van der Waals surface area contributed by atoms with Crippen molar-refractivity contribution in [3.05, 3.63) is 42.0 Å². The molecular weight excluding hydrogens is 256 g/mol. The normalized spacial score (nSPS) is 10.7. The molecule has 7 heteroatoms. The second-order valence-electron chi connectivity index (χ2n) is 3.80. The number of benzene rings is 1. The largest absolute Gasteiger partial charge is 0.435 e. The Labute approximate surface area is 107 Å². The molecule has 1 heterocycles. The third-order valence-electron chi connectivity index (χ3n) is 2.53. The molecule has 5 nitrogen and oxygen atoms in total. The first kappa shape index (κ1) is 13.1. The van der Waals surface area contributed by atoms with Crippen LogP contribution in [0.2, 0.25) is 0 Å². The van der Waals surface area contributed by atoms with Crippen molar-refractivity contribution >= 4 is 5.78 Å². The minimum atomic E-state index is -2.87. The maximum atomic E-state index is 12.0. The van der Waals surface area contributed by atoms with E-state index < -0.39 is 6.61 Å². The van der Waals surface area contributed by atoms with Crippen molar-refractivity contribution in [1.82, 2.24) is 14.8 Å². The van der Waals surface area contributed by atoms with E-state index in [1.807, 2.05) is 0 Å². The zero-order chi connectivity index (χ0) is 13.8. The molecule has 1 aromatic carbocycles. The first-order valence-corrected chi connectivity index (χ1v) is 5.47. The molecule has 0 saturated carbocycles. The van der Waals surface area contributed by atoms with Crippen molar-refractivity contribution in [2.24, 2.45) is 7.05 Å². The van der Waals surface area contributed by atoms with Gasteiger partial charge in [-0.25, -0.2) is 4.98 Å². The van der Waals surface area contributed by atoms with Gasteiger partial charge in [0.25, 0.3) is 0 Å². The molecule has 0 radical (unpaired) electrons. The van der Waals surface area contributed by atoms with Crippen molar-refractivity contribution < 1.29 is 18.3 Å². The highest BCUT2D eigenvalue weighted by Crippen LogP contribution is 2.15. The zero-order valence-electron chi connectivity index (χ0n) is 10.1. The number of carbonyl (C=O) groups excluding carboxylic acids is 1. The molecule has 0 fully saturated rings. The number of alkyl halides is 2. The van der Waals surface area contributed by atoms with Crippen LogP contribution in [0.3, 0.4) is 0 Å². The Morgan fingerprint density at radius 2 is 2.05 bits per heavy atom. The summed E-state index contributed by atoms with van der Waals surface area (Å²) in [4.78, 5) is 15.9. The van der Waals surface area contributed by atoms with Crippen LogP contribution in [0.15, 0.2) is 30.6 Å². The first-order chi connectivity index (χ1) is 9.06. The fourth-order valence-electron chi connectivity index (χ4n) is 1.55. The number of ether oxygens (including phenoxy) is 1. The summed E-state index contributed by atoms with van der Waals surface area (Å²) in [5, 5.41) is 3.86. The summed E-state index contributed by atoms with van der Waals surface area (Å²) in [6, 6.07) is 5.54. The summed E-state index contributed by atoms with van der Waals surface area (Å²) in [6.45, 7) is -2.87. The van der Waals surface area contributed by atoms with Crippen LogP contribution in [0.4, 0.5) is 8.78 Å². The molecule has 0 atom stereocenters. The first-order valence-electron chi connectivity index (χ1n) is 5.47. The summed E-state index contributed by atoms with van der Waals surface area (Å²) in [5.74, 6) is 0.391. The molecule has 0 bridgehead atoms. The van der Waals surface area contributed by atoms with Crippen molar-refractivity contribution in [2.45, 2.75) is 13.0 Å². The van der Waals surface area contributed by atoms with Crippen LogP contribution in [0.25, 0.3) is 0 Å². The van der Waals surface area contributed by atoms with Crippen molar-refractivity contribution in [3.63, 3.8) is 0 Å². The van der Waals surface area contributed by atoms with Gasteiger partial charge in [0.05, 0.1) is 6.42 Å². The standard InChI is InChI=1S/C12H11F2N3O2/c1-17-11(15-7-16-17)6-10(18)8-2-4-9(5-3-8)19-12(13)14/h2-5,7,12H,6H2,1H3. The van der Waals surface area contributed by atoms with E-state index in [4.69, 9.17) is 0 Å². The van der Waals surface area contributed by atoms with Gasteiger partial charge < -0.3 is 4.74 Å². The minimum Gasteiger partial charge on any atom is -0.435 e. The van der Waals surface area contributed by atoms with Gasteiger partial charge in [-0.2, -0.15) is 13.9 Å². The molecule has 19 heavy (non-hydrogen) atoms. The number of halogens is 2. The predicted molar refractivity (Wildman–Crippen MR) is 62.1 cm³/mol. The minimum absolute atomic E-state index is 0.0187. The van der Waals surface area contributed by atoms with Crippen LogP contribution in [0, 0.1) is 0 Å². The smallest absolute Gasteiger partial charge is 0.387 e. The fourth-order valence-corrected chi connectivity index (χ4v) is 1.55. The van der Waals surface area contributed by atoms with Gasteiger partial charge in [-0.3, -0.25) is 9.48 Å². The molecule has 0 N–H and O–H groups in total. The lowest BCUT2D eigenvalue weighted by molar-refractivity contribution is -0.0498. The highest BCUT2D eigenvalue weighted by atomic mass is 19.3. The van der Waals surface area contributed by atoms with E-state index in [1.165, 1.54) is 35.3 Å². The number of aromatic nitrogens is 3. The molecule has 0 spiro atoms. The lowest BCUT2D eigenvalue weighted by Gasteiger charge is -2.05. The lowest BCUT2D eigenvalue weighted by Crippen LogP contribution is -2.09. The van der Waals surface area contributed by atoms with Gasteiger partial charge >= 0.3 is 6.61 Å². The summed E-state index contributed by atoms with van der Waals surface area (Å²) in [7, 11) is 1.69. The Balaban J connectivity index is 2.05. The topological polar surface area (TPSA) is 57.0 Å². The number of nitrogens with zero attached hydrogens (tertiary/aromatic N) is 3. The Kier molecular flexibility index (Phi) is 3.84. The molecule has 2 aromatic rings. The van der Waals surface area contributed by atoms with E-state index in [9.17, 15) is 13.6 Å². The van der Waals surface area contributed by atoms with E-state index in [1.54, 1.807) is 7.05 Å². The third-order valence-corrected chi connectivity index (χ3v) is 2.53. The van der Waals surface area contributed by atoms with Crippen molar-refractivity contribution in [2.75, 3.05) is 0 Å². The van der Waals surface area contributed by atoms with E-state index in [0.29, 0.717) is 11.4 Å². The molecule has 0 amide bonds. The van der Waals surface area contributed by atoms with E-state index in [2.05, 4.69) is 14.8 Å². The Hall–Kier alpha value is -2.31. The molecule has 100 valence electrons. The van der Waals surface area contributed by atoms with Gasteiger partial charge in [-0.1, -0.05) is 0 Å². The molecule has 2 rings (SSSR count). The van der Waals surface area contributed by atoms with Crippen LogP contribution in [0.5, 0.6) is 5.75 Å². The van der Waals surface area contributed by atoms with E-state index >= 15 is 0 Å². The van der Waals surface area contributed by atoms with Gasteiger partial charge in [0.15, 0.2) is 5.78 Å². The third kappa shape index (κ3) is 3.34. The number of carbonyl (C=O) groups is 1. The molecule has 0 aliphatic heterocycles. The molecule has 0 aliphatic carbocycles. The zero-order valence-corrected chi connectivity index (χ0v) is 10.1. The van der Waals surface area contributed by atoms with Gasteiger partial charge in [0.1, 0.15) is 17.9 Å². The van der Waals surface area contributed by atoms with Crippen LogP contribution in [0.1, 0.15) is 16.2 Å². The van der Waals surface area contributed by atoms with Crippen molar-refractivity contribution in [3.8, 4) is 5.75 Å². The second kappa shape index (κ2) is 5.55. The van der Waals surface area contributed by atoms with Gasteiger partial charge in [0, 0.05) is 12.6 Å². The highest BCUT2D eigenvalue weighted by molar-refractivity contribution is 5.97. The maximum absolute atomic E-state index is 12.0. The van der Waals surface area contributed by atoms with E-state index in [0.717, 1.165) is 0 Å². The molecular formula is C12H11F2N3O2. The Morgan fingerprint density at radius 1 is 1.37 bits per heavy atom. The number of rotatable bonds is 5. The lowest BCUT2D eigenvalue weighted by atomic mass is 10.1. The van der Waals surface area contributed by atoms with Crippen molar-refractivity contribution in [1.29, 1.82) is 0 Å². The molecule has 0 saturated heterocycles. The van der Waals surface area contributed by atoms with Crippen LogP contribution >= 0.6 is 0 Å². The summed E-state index contributed by atoms with van der Waals surface area (Å²) >= 11 is 0. The summed E-state index contributed by atoms with van der Waals surface area (Å²) in [6.07, 6.45) is 1.47. The van der Waals surface area contributed by atoms with Gasteiger partial charge in [-0.15, -0.1) is 0 Å². The number of aryl methyl sites for hydroxylation is 1. The van der Waals surface area contributed by atoms with Crippen LogP contribution in [-0.2, 0) is 13.5 Å². The van der Waals surface area contributed by atoms with Crippen LogP contribution < -0.4 is 4.74 Å². The number of ketones is 1. The second-order valence-corrected chi connectivity index (χ2v) is 3.80. The average Bonchev–Trinajstić information content (AvgIpc) is 2.75. The highest BCUT2D eigenvalue weighted by Gasteiger charge is 2.11. The molecule has 0 aliphatic rings. The Morgan fingerprint density at radius 3 is 2.58 bits per heavy atom. The summed E-state index contributed by atoms with van der Waals surface area (Å²) < 4.78 is 29.6. The summed E-state index contributed by atoms with van der Waals surface area (Å²) in [5.41, 5.74) is 0.407. The SMILES string of the molecule is Cn1ncnc1CC(=O)c1ccc(OC(F)F)cc1. The monoisotopic (exact) mass is 267 g/mol. The number of hydrogen-bond acceptors (Lipinski definition) is 4. The maximum Gasteiger partial charge on any atom is 0.387 e. The number of hydrogen-bond donors (Lipinski definition) is 0. The average molecular weight is 267 g/mol. The molecule has 0 unspecified atom stereocenters.